The zero-order valence-electron chi connectivity index (χ0n) is 35.0. The molecule has 0 unspecified atom stereocenters. The lowest BCUT2D eigenvalue weighted by Gasteiger charge is -2.32. The number of hydrogen-bond donors (Lipinski definition) is 2. The predicted octanol–water partition coefficient (Wildman–Crippen LogP) is 13.2. The highest BCUT2D eigenvalue weighted by Crippen LogP contribution is 2.22. The number of unbranched alkanes of at least 4 members (excludes halogenated alkanes) is 22. The zero-order chi connectivity index (χ0) is 37.4. The first-order valence-corrected chi connectivity index (χ1v) is 23.2. The molecule has 52 heavy (non-hydrogen) atoms. The number of nitrogens with zero attached hydrogens (tertiary/aromatic N) is 1. The summed E-state index contributed by atoms with van der Waals surface area (Å²) in [5.41, 5.74) is 0. The number of allylic oxidation sites excluding steroid dienone is 4. The Bertz CT molecular complexity index is 764. The quantitative estimate of drug-likeness (QED) is 0.0492. The van der Waals surface area contributed by atoms with Gasteiger partial charge in [-0.1, -0.05) is 141 Å². The topological polar surface area (TPSA) is 61.4 Å². The number of likely N-dealkylation sites (tertiary alicyclic amines) is 1. The van der Waals surface area contributed by atoms with Gasteiger partial charge in [-0.2, -0.15) is 0 Å². The maximum Gasteiger partial charge on any atom is 0.219 e. The largest absolute Gasteiger partial charge is 0.356 e. The smallest absolute Gasteiger partial charge is 0.219 e. The molecule has 1 rings (SSSR count). The van der Waals surface area contributed by atoms with E-state index >= 15 is 0 Å². The first-order valence-electron chi connectivity index (χ1n) is 23.2. The van der Waals surface area contributed by atoms with Crippen molar-refractivity contribution in [1.82, 2.24) is 15.5 Å². The minimum Gasteiger partial charge on any atom is -0.356 e. The van der Waals surface area contributed by atoms with Gasteiger partial charge in [0.15, 0.2) is 0 Å². The monoisotopic (exact) mass is 728 g/mol. The standard InChI is InChI=1S/C47H89N3O2/c1-3-5-7-9-11-13-15-17-19-21-23-25-27-29-31-36-46(51)48-40-33-35-45-38-43-50(44-39-45)42-34-41-49-47(52)37-32-30-28-26-24-22-20-18-16-14-12-10-8-6-4-2/h17-20,45H,3-16,21-44H2,1-2H3,(H,48,51)(H,49,52). The van der Waals surface area contributed by atoms with Gasteiger partial charge in [0.2, 0.25) is 11.8 Å². The lowest BCUT2D eigenvalue weighted by atomic mass is 9.92. The fourth-order valence-corrected chi connectivity index (χ4v) is 7.54. The number of rotatable bonds is 38. The maximum absolute atomic E-state index is 12.2. The number of nitrogens with one attached hydrogen (secondary N) is 2. The van der Waals surface area contributed by atoms with Crippen molar-refractivity contribution in [2.45, 2.75) is 226 Å². The summed E-state index contributed by atoms with van der Waals surface area (Å²) in [6.45, 7) is 9.64. The molecule has 0 aromatic carbocycles. The average Bonchev–Trinajstić information content (AvgIpc) is 3.15. The van der Waals surface area contributed by atoms with Crippen LogP contribution in [-0.4, -0.2) is 49.4 Å². The minimum absolute atomic E-state index is 0.233. The van der Waals surface area contributed by atoms with Crippen molar-refractivity contribution in [2.24, 2.45) is 5.92 Å². The average molecular weight is 728 g/mol. The minimum atomic E-state index is 0.233. The summed E-state index contributed by atoms with van der Waals surface area (Å²) in [4.78, 5) is 27.1. The lowest BCUT2D eigenvalue weighted by Crippen LogP contribution is -2.36. The van der Waals surface area contributed by atoms with Crippen LogP contribution < -0.4 is 10.6 Å². The highest BCUT2D eigenvalue weighted by atomic mass is 16.2. The predicted molar refractivity (Wildman–Crippen MR) is 228 cm³/mol. The van der Waals surface area contributed by atoms with Crippen LogP contribution in [0.2, 0.25) is 0 Å². The highest BCUT2D eigenvalue weighted by Gasteiger charge is 2.18. The van der Waals surface area contributed by atoms with E-state index in [-0.39, 0.29) is 11.8 Å². The second-order valence-electron chi connectivity index (χ2n) is 16.1. The van der Waals surface area contributed by atoms with Gasteiger partial charge in [-0.05, 0) is 122 Å². The zero-order valence-corrected chi connectivity index (χ0v) is 35.0. The normalized spacial score (nSPS) is 14.2. The Labute approximate surface area is 324 Å². The van der Waals surface area contributed by atoms with Gasteiger partial charge < -0.3 is 15.5 Å². The molecule has 0 radical (unpaired) electrons. The molecule has 1 aliphatic heterocycles. The fourth-order valence-electron chi connectivity index (χ4n) is 7.54. The Morgan fingerprint density at radius 1 is 0.481 bits per heavy atom. The van der Waals surface area contributed by atoms with Gasteiger partial charge in [-0.3, -0.25) is 9.59 Å². The third-order valence-electron chi connectivity index (χ3n) is 11.1. The molecule has 0 saturated carbocycles. The number of hydrogen-bond acceptors (Lipinski definition) is 3. The summed E-state index contributed by atoms with van der Waals surface area (Å²) in [6.07, 6.45) is 50.4. The number of amides is 2. The van der Waals surface area contributed by atoms with Gasteiger partial charge >= 0.3 is 0 Å². The fraction of sp³-hybridized carbons (Fsp3) is 0.872. The van der Waals surface area contributed by atoms with Crippen LogP contribution in [0.15, 0.2) is 24.3 Å². The Balaban J connectivity index is 1.83. The van der Waals surface area contributed by atoms with Crippen molar-refractivity contribution in [3.05, 3.63) is 24.3 Å². The van der Waals surface area contributed by atoms with Crippen molar-refractivity contribution in [3.8, 4) is 0 Å². The first kappa shape index (κ1) is 48.4. The van der Waals surface area contributed by atoms with Gasteiger partial charge in [0.25, 0.3) is 0 Å². The molecule has 1 fully saturated rings. The van der Waals surface area contributed by atoms with Crippen molar-refractivity contribution >= 4 is 11.8 Å². The first-order chi connectivity index (χ1) is 25.7. The second-order valence-corrected chi connectivity index (χ2v) is 16.1. The molecular weight excluding hydrogens is 639 g/mol. The van der Waals surface area contributed by atoms with E-state index in [0.29, 0.717) is 12.8 Å². The summed E-state index contributed by atoms with van der Waals surface area (Å²) >= 11 is 0. The molecular formula is C47H89N3O2. The molecule has 0 bridgehead atoms. The molecule has 0 atom stereocenters. The second kappa shape index (κ2) is 39.1. The van der Waals surface area contributed by atoms with E-state index in [4.69, 9.17) is 0 Å². The van der Waals surface area contributed by atoms with Crippen molar-refractivity contribution in [3.63, 3.8) is 0 Å². The van der Waals surface area contributed by atoms with Crippen LogP contribution >= 0.6 is 0 Å². The molecule has 1 aliphatic rings. The summed E-state index contributed by atoms with van der Waals surface area (Å²) < 4.78 is 0. The third kappa shape index (κ3) is 34.2. The summed E-state index contributed by atoms with van der Waals surface area (Å²) in [5, 5.41) is 6.32. The van der Waals surface area contributed by atoms with E-state index in [9.17, 15) is 9.59 Å². The molecule has 0 aliphatic carbocycles. The van der Waals surface area contributed by atoms with Crippen molar-refractivity contribution < 1.29 is 9.59 Å². The molecule has 1 saturated heterocycles. The highest BCUT2D eigenvalue weighted by molar-refractivity contribution is 5.76. The molecule has 0 aromatic rings. The van der Waals surface area contributed by atoms with Gasteiger partial charge in [0.05, 0.1) is 0 Å². The van der Waals surface area contributed by atoms with E-state index in [0.717, 1.165) is 51.2 Å². The molecule has 304 valence electrons. The molecule has 0 spiro atoms. The van der Waals surface area contributed by atoms with Crippen LogP contribution in [0.3, 0.4) is 0 Å². The van der Waals surface area contributed by atoms with E-state index in [1.54, 1.807) is 0 Å². The van der Waals surface area contributed by atoms with Crippen LogP contribution in [0.1, 0.15) is 226 Å². The number of carbonyl (C=O) groups is 2. The Kier molecular flexibility index (Phi) is 36.4. The number of carbonyl (C=O) groups excluding carboxylic acids is 2. The molecule has 5 nitrogen and oxygen atoms in total. The van der Waals surface area contributed by atoms with Gasteiger partial charge in [-0.15, -0.1) is 0 Å². The Morgan fingerprint density at radius 3 is 1.27 bits per heavy atom. The lowest BCUT2D eigenvalue weighted by molar-refractivity contribution is -0.122. The summed E-state index contributed by atoms with van der Waals surface area (Å²) in [5.74, 6) is 1.27. The van der Waals surface area contributed by atoms with Gasteiger partial charge in [0, 0.05) is 25.9 Å². The summed E-state index contributed by atoms with van der Waals surface area (Å²) in [7, 11) is 0. The SMILES string of the molecule is CCCCCCCCC=CCCCCCCCC(=O)NCCCC1CCN(CCCNC(=O)CCCCCCCC=CCCCCCCCC)CC1. The maximum atomic E-state index is 12.2. The Morgan fingerprint density at radius 2 is 0.846 bits per heavy atom. The Hall–Kier alpha value is -1.62. The van der Waals surface area contributed by atoms with Crippen LogP contribution in [0.25, 0.3) is 0 Å². The van der Waals surface area contributed by atoms with Gasteiger partial charge in [-0.25, -0.2) is 0 Å². The van der Waals surface area contributed by atoms with E-state index < -0.39 is 0 Å². The summed E-state index contributed by atoms with van der Waals surface area (Å²) in [6, 6.07) is 0. The molecule has 2 amide bonds. The van der Waals surface area contributed by atoms with Crippen LogP contribution in [0.5, 0.6) is 0 Å². The molecule has 1 heterocycles. The van der Waals surface area contributed by atoms with E-state index in [2.05, 4.69) is 53.7 Å². The van der Waals surface area contributed by atoms with Crippen LogP contribution in [0, 0.1) is 5.92 Å². The van der Waals surface area contributed by atoms with E-state index in [1.807, 2.05) is 0 Å². The van der Waals surface area contributed by atoms with Crippen LogP contribution in [-0.2, 0) is 9.59 Å². The van der Waals surface area contributed by atoms with Crippen LogP contribution in [0.4, 0.5) is 0 Å². The molecule has 0 aromatic heterocycles. The third-order valence-corrected chi connectivity index (χ3v) is 11.1. The van der Waals surface area contributed by atoms with Crippen molar-refractivity contribution in [1.29, 1.82) is 0 Å². The molecule has 2 N–H and O–H groups in total. The van der Waals surface area contributed by atoms with Gasteiger partial charge in [0.1, 0.15) is 0 Å². The van der Waals surface area contributed by atoms with Crippen molar-refractivity contribution in [2.75, 3.05) is 32.7 Å². The molecule has 5 heteroatoms. The number of piperidine rings is 1. The van der Waals surface area contributed by atoms with E-state index in [1.165, 1.54) is 186 Å².